The lowest BCUT2D eigenvalue weighted by atomic mass is 10.1. The average Bonchev–Trinajstić information content (AvgIpc) is 2.67. The Morgan fingerprint density at radius 1 is 0.840 bits per heavy atom. The van der Waals surface area contributed by atoms with Crippen molar-refractivity contribution in [2.45, 2.75) is 6.92 Å². The first-order chi connectivity index (χ1) is 12.2. The van der Waals surface area contributed by atoms with Crippen LogP contribution in [0, 0.1) is 18.8 Å². The van der Waals surface area contributed by atoms with E-state index in [1.165, 1.54) is 5.56 Å². The maximum Gasteiger partial charge on any atom is 0.118 e. The van der Waals surface area contributed by atoms with Gasteiger partial charge in [-0.3, -0.25) is 4.99 Å². The molecule has 3 aromatic carbocycles. The number of hydrogen-bond donors (Lipinski definition) is 0. The van der Waals surface area contributed by atoms with Gasteiger partial charge in [-0.1, -0.05) is 53.8 Å². The van der Waals surface area contributed by atoms with Crippen LogP contribution in [0.3, 0.4) is 0 Å². The second-order valence-corrected chi connectivity index (χ2v) is 5.66. The Balaban J connectivity index is 1.83. The summed E-state index contributed by atoms with van der Waals surface area (Å²) in [5.74, 6) is 7.21. The molecule has 0 aliphatic carbocycles. The van der Waals surface area contributed by atoms with Crippen LogP contribution in [0.25, 0.3) is 0 Å². The van der Waals surface area contributed by atoms with Crippen molar-refractivity contribution in [3.8, 4) is 17.6 Å². The molecule has 3 aromatic rings. The third-order valence-corrected chi connectivity index (χ3v) is 3.77. The number of benzene rings is 3. The van der Waals surface area contributed by atoms with Crippen LogP contribution in [0.2, 0.25) is 0 Å². The smallest absolute Gasteiger partial charge is 0.118 e. The van der Waals surface area contributed by atoms with E-state index in [0.29, 0.717) is 0 Å². The molecular weight excluding hydrogens is 306 g/mol. The molecule has 0 bridgehead atoms. The molecule has 0 aliphatic rings. The number of hydrogen-bond acceptors (Lipinski definition) is 2. The van der Waals surface area contributed by atoms with Gasteiger partial charge in [-0.05, 0) is 48.9 Å². The zero-order valence-corrected chi connectivity index (χ0v) is 14.4. The number of aliphatic imine (C=N–C) groups is 1. The topological polar surface area (TPSA) is 21.6 Å². The highest BCUT2D eigenvalue weighted by molar-refractivity contribution is 5.82. The summed E-state index contributed by atoms with van der Waals surface area (Å²) in [7, 11) is 1.66. The summed E-state index contributed by atoms with van der Waals surface area (Å²) < 4.78 is 5.17. The normalized spacial score (nSPS) is 10.3. The van der Waals surface area contributed by atoms with Gasteiger partial charge >= 0.3 is 0 Å². The van der Waals surface area contributed by atoms with Crippen molar-refractivity contribution < 1.29 is 4.74 Å². The molecule has 0 fully saturated rings. The summed E-state index contributed by atoms with van der Waals surface area (Å²) >= 11 is 0. The van der Waals surface area contributed by atoms with Crippen LogP contribution in [0.15, 0.2) is 77.8 Å². The molecule has 0 saturated carbocycles. The fourth-order valence-electron chi connectivity index (χ4n) is 2.30. The van der Waals surface area contributed by atoms with Gasteiger partial charge in [0.15, 0.2) is 0 Å². The molecule has 0 N–H and O–H groups in total. The van der Waals surface area contributed by atoms with Crippen molar-refractivity contribution in [1.29, 1.82) is 0 Å². The van der Waals surface area contributed by atoms with E-state index in [2.05, 4.69) is 48.0 Å². The molecule has 0 atom stereocenters. The van der Waals surface area contributed by atoms with Gasteiger partial charge in [0.25, 0.3) is 0 Å². The molecular formula is C23H19NO. The van der Waals surface area contributed by atoms with Crippen molar-refractivity contribution in [2.75, 3.05) is 7.11 Å². The summed E-state index contributed by atoms with van der Waals surface area (Å²) in [4.78, 5) is 4.60. The SMILES string of the molecule is COc1ccc(C#Cc2ccccc2N=Cc2ccc(C)cc2)cc1. The number of ether oxygens (including phenoxy) is 1. The Bertz CT molecular complexity index is 926. The third kappa shape index (κ3) is 4.59. The highest BCUT2D eigenvalue weighted by Crippen LogP contribution is 2.18. The van der Waals surface area contributed by atoms with Crippen molar-refractivity contribution in [3.05, 3.63) is 95.1 Å². The Morgan fingerprint density at radius 3 is 2.28 bits per heavy atom. The molecule has 2 nitrogen and oxygen atoms in total. The van der Waals surface area contributed by atoms with E-state index >= 15 is 0 Å². The van der Waals surface area contributed by atoms with E-state index in [1.54, 1.807) is 7.11 Å². The van der Waals surface area contributed by atoms with Gasteiger partial charge in [-0.15, -0.1) is 0 Å². The summed E-state index contributed by atoms with van der Waals surface area (Å²) in [6.07, 6.45) is 1.87. The fourth-order valence-corrected chi connectivity index (χ4v) is 2.30. The predicted octanol–water partition coefficient (Wildman–Crippen LogP) is 5.15. The lowest BCUT2D eigenvalue weighted by Crippen LogP contribution is -1.83. The van der Waals surface area contributed by atoms with E-state index < -0.39 is 0 Å². The second kappa shape index (κ2) is 7.99. The zero-order chi connectivity index (χ0) is 17.5. The minimum absolute atomic E-state index is 0.827. The standard InChI is InChI=1S/C23H19NO/c1-18-7-9-20(10-8-18)17-24-23-6-4-3-5-21(23)14-11-19-12-15-22(25-2)16-13-19/h3-10,12-13,15-17H,1-2H3. The molecule has 0 heterocycles. The van der Waals surface area contributed by atoms with Crippen LogP contribution in [0.5, 0.6) is 5.75 Å². The number of nitrogens with zero attached hydrogens (tertiary/aromatic N) is 1. The van der Waals surface area contributed by atoms with E-state index in [1.807, 2.05) is 54.7 Å². The highest BCUT2D eigenvalue weighted by atomic mass is 16.5. The number of rotatable bonds is 3. The summed E-state index contributed by atoms with van der Waals surface area (Å²) in [5.41, 5.74) is 5.02. The van der Waals surface area contributed by atoms with Crippen molar-refractivity contribution >= 4 is 11.9 Å². The van der Waals surface area contributed by atoms with Gasteiger partial charge in [-0.2, -0.15) is 0 Å². The van der Waals surface area contributed by atoms with Gasteiger partial charge in [0.05, 0.1) is 18.4 Å². The average molecular weight is 325 g/mol. The number of para-hydroxylation sites is 1. The number of methoxy groups -OCH3 is 1. The van der Waals surface area contributed by atoms with Crippen LogP contribution in [-0.4, -0.2) is 13.3 Å². The predicted molar refractivity (Wildman–Crippen MR) is 104 cm³/mol. The van der Waals surface area contributed by atoms with Crippen LogP contribution in [0.1, 0.15) is 22.3 Å². The molecule has 0 radical (unpaired) electrons. The first-order valence-electron chi connectivity index (χ1n) is 8.10. The van der Waals surface area contributed by atoms with Crippen molar-refractivity contribution in [1.82, 2.24) is 0 Å². The van der Waals surface area contributed by atoms with Crippen molar-refractivity contribution in [3.63, 3.8) is 0 Å². The largest absolute Gasteiger partial charge is 0.497 e. The molecule has 122 valence electrons. The molecule has 0 spiro atoms. The highest BCUT2D eigenvalue weighted by Gasteiger charge is 1.97. The lowest BCUT2D eigenvalue weighted by Gasteiger charge is -1.99. The Kier molecular flexibility index (Phi) is 5.29. The fraction of sp³-hybridized carbons (Fsp3) is 0.0870. The molecule has 2 heteroatoms. The lowest BCUT2D eigenvalue weighted by molar-refractivity contribution is 0.415. The van der Waals surface area contributed by atoms with Gasteiger partial charge in [0.2, 0.25) is 0 Å². The summed E-state index contributed by atoms with van der Waals surface area (Å²) in [6, 6.07) is 23.9. The minimum atomic E-state index is 0.827. The van der Waals surface area contributed by atoms with E-state index in [4.69, 9.17) is 4.74 Å². The van der Waals surface area contributed by atoms with Gasteiger partial charge in [-0.25, -0.2) is 0 Å². The van der Waals surface area contributed by atoms with E-state index in [0.717, 1.165) is 28.1 Å². The molecule has 0 amide bonds. The molecule has 0 aliphatic heterocycles. The monoisotopic (exact) mass is 325 g/mol. The van der Waals surface area contributed by atoms with Gasteiger partial charge in [0, 0.05) is 11.8 Å². The van der Waals surface area contributed by atoms with Crippen LogP contribution >= 0.6 is 0 Å². The Hall–Kier alpha value is -3.31. The molecule has 0 aromatic heterocycles. The van der Waals surface area contributed by atoms with Gasteiger partial charge in [0.1, 0.15) is 5.75 Å². The van der Waals surface area contributed by atoms with Crippen LogP contribution in [0.4, 0.5) is 5.69 Å². The number of aryl methyl sites for hydroxylation is 1. The van der Waals surface area contributed by atoms with E-state index in [-0.39, 0.29) is 0 Å². The second-order valence-electron chi connectivity index (χ2n) is 5.66. The van der Waals surface area contributed by atoms with Crippen LogP contribution < -0.4 is 4.74 Å². The van der Waals surface area contributed by atoms with E-state index in [9.17, 15) is 0 Å². The molecule has 25 heavy (non-hydrogen) atoms. The van der Waals surface area contributed by atoms with Crippen LogP contribution in [-0.2, 0) is 0 Å². The first kappa shape index (κ1) is 16.5. The third-order valence-electron chi connectivity index (χ3n) is 3.77. The summed E-state index contributed by atoms with van der Waals surface area (Å²) in [5, 5.41) is 0. The Labute approximate surface area is 148 Å². The zero-order valence-electron chi connectivity index (χ0n) is 14.4. The quantitative estimate of drug-likeness (QED) is 0.482. The summed E-state index contributed by atoms with van der Waals surface area (Å²) in [6.45, 7) is 2.07. The van der Waals surface area contributed by atoms with Gasteiger partial charge < -0.3 is 4.74 Å². The van der Waals surface area contributed by atoms with Crippen molar-refractivity contribution in [2.24, 2.45) is 4.99 Å². The first-order valence-corrected chi connectivity index (χ1v) is 8.10. The maximum atomic E-state index is 5.17. The molecule has 3 rings (SSSR count). The minimum Gasteiger partial charge on any atom is -0.497 e. The molecule has 0 unspecified atom stereocenters. The Morgan fingerprint density at radius 2 is 1.56 bits per heavy atom. The maximum absolute atomic E-state index is 5.17. The molecule has 0 saturated heterocycles.